The molecule has 0 aliphatic heterocycles. The molecule has 0 fully saturated rings. The molecule has 92 heavy (non-hydrogen) atoms. The van der Waals surface area contributed by atoms with Gasteiger partial charge in [-0.1, -0.05) is 99.6 Å². The Morgan fingerprint density at radius 2 is 0.717 bits per heavy atom. The molecule has 1 aromatic carbocycles. The summed E-state index contributed by atoms with van der Waals surface area (Å²) in [7, 11) is 0. The van der Waals surface area contributed by atoms with Gasteiger partial charge in [-0.05, 0) is 133 Å². The van der Waals surface area contributed by atoms with Crippen LogP contribution >= 0.6 is 0 Å². The molecule has 20 N–H and O–H groups in total. The molecular weight excluding hydrogens is 1190 g/mol. The van der Waals surface area contributed by atoms with E-state index in [4.69, 9.17) is 22.9 Å². The van der Waals surface area contributed by atoms with Gasteiger partial charge < -0.3 is 86.5 Å². The van der Waals surface area contributed by atoms with E-state index >= 15 is 0 Å². The second kappa shape index (κ2) is 42.4. The van der Waals surface area contributed by atoms with Crippen molar-refractivity contribution in [2.24, 2.45) is 52.5 Å². The Kier molecular flexibility index (Phi) is 37.9. The highest BCUT2D eigenvalue weighted by molar-refractivity contribution is 6.00. The van der Waals surface area contributed by atoms with Crippen LogP contribution in [-0.4, -0.2) is 168 Å². The number of carbonyl (C=O) groups excluding carboxylic acids is 12. The van der Waals surface area contributed by atoms with Crippen molar-refractivity contribution in [3.63, 3.8) is 0 Å². The number of hydrogen-bond donors (Lipinski definition) is 16. The number of benzene rings is 1. The van der Waals surface area contributed by atoms with E-state index in [1.807, 2.05) is 41.5 Å². The quantitative estimate of drug-likeness (QED) is 0.0349. The molecule has 0 spiro atoms. The number of rotatable bonds is 44. The van der Waals surface area contributed by atoms with Crippen LogP contribution in [0, 0.1) is 29.6 Å². The van der Waals surface area contributed by atoms with Crippen molar-refractivity contribution in [1.29, 1.82) is 0 Å². The van der Waals surface area contributed by atoms with Gasteiger partial charge in [-0.2, -0.15) is 0 Å². The smallest absolute Gasteiger partial charge is 0.305 e. The van der Waals surface area contributed by atoms with Crippen LogP contribution in [0.15, 0.2) is 30.3 Å². The Balaban J connectivity index is 3.48. The molecule has 0 aliphatic rings. The summed E-state index contributed by atoms with van der Waals surface area (Å²) < 4.78 is 0. The third-order valence-electron chi connectivity index (χ3n) is 14.7. The summed E-state index contributed by atoms with van der Waals surface area (Å²) >= 11 is 0. The van der Waals surface area contributed by atoms with Crippen LogP contribution in [0.1, 0.15) is 166 Å². The second-order valence-electron chi connectivity index (χ2n) is 25.7. The van der Waals surface area contributed by atoms with Gasteiger partial charge in [-0.15, -0.1) is 0 Å². The molecule has 1 aromatic rings. The van der Waals surface area contributed by atoms with Crippen molar-refractivity contribution < 1.29 is 67.4 Å². The highest BCUT2D eigenvalue weighted by Crippen LogP contribution is 2.14. The maximum atomic E-state index is 14.6. The number of carboxylic acids is 1. The maximum Gasteiger partial charge on any atom is 0.305 e. The lowest BCUT2D eigenvalue weighted by Crippen LogP contribution is -2.61. The first kappa shape index (κ1) is 82.2. The number of nitrogens with one attached hydrogen (secondary N) is 11. The Morgan fingerprint density at radius 3 is 1.14 bits per heavy atom. The van der Waals surface area contributed by atoms with E-state index in [0.29, 0.717) is 37.7 Å². The van der Waals surface area contributed by atoms with Crippen LogP contribution in [0.5, 0.6) is 0 Å². The number of primary amides is 1. The fourth-order valence-electron chi connectivity index (χ4n) is 9.61. The van der Waals surface area contributed by atoms with Crippen LogP contribution in [-0.2, 0) is 68.7 Å². The van der Waals surface area contributed by atoms with E-state index in [1.54, 1.807) is 58.0 Å². The predicted octanol–water partition coefficient (Wildman–Crippen LogP) is -0.993. The van der Waals surface area contributed by atoms with Crippen molar-refractivity contribution in [3.05, 3.63) is 35.9 Å². The van der Waals surface area contributed by atoms with Crippen LogP contribution in [0.2, 0.25) is 0 Å². The van der Waals surface area contributed by atoms with Crippen molar-refractivity contribution in [3.8, 4) is 0 Å². The SMILES string of the molecule is CC(C)C[C@H](NC(=O)[C@H](C)NC(=O)[C@@H](NC(=O)[C@H](CC(=O)O)NC(=O)[C@H](C)NC(=O)[C@H](CCCCN)NC(=O)[C@H](CC(C)C)NC(=O)[C@H](Cc1ccccc1)NC(=O)[C@H](CCCCN)NC(=O)[C@H](C)NC(=O)[C@H](CC(C)C)NC(=O)[C@@H](N)CC(C)C)C(C)C)C(N)=O. The number of carboxylic acid groups (broad SMARTS) is 1. The average Bonchev–Trinajstić information content (AvgIpc) is 1.04. The number of hydrogen-bond acceptors (Lipinski definition) is 16. The lowest BCUT2D eigenvalue weighted by Gasteiger charge is -2.28. The normalized spacial score (nSPS) is 15.3. The van der Waals surface area contributed by atoms with E-state index in [2.05, 4.69) is 58.5 Å². The minimum absolute atomic E-state index is 0.00735. The van der Waals surface area contributed by atoms with E-state index in [0.717, 1.165) is 0 Å². The molecule has 1 rings (SSSR count). The first-order valence-corrected chi connectivity index (χ1v) is 32.1. The molecule has 0 saturated heterocycles. The molecule has 0 radical (unpaired) electrons. The van der Waals surface area contributed by atoms with Crippen molar-refractivity contribution in [1.82, 2.24) is 58.5 Å². The van der Waals surface area contributed by atoms with Gasteiger partial charge in [0, 0.05) is 6.42 Å². The standard InChI is InChI=1S/C63H109N15O14/c1-33(2)27-42(66)56(85)75-46(29-35(5)6)59(88)69-38(11)53(82)71-44(24-18-20-26-65)58(87)77-48(31-41-21-15-14-16-22-41)61(90)76-47(30-36(7)8)60(89)72-43(23-17-19-25-64)57(86)68-39(12)55(84)74-49(32-50(79)80)62(91)78-51(37(9)10)63(92)70-40(13)54(83)73-45(52(67)81)28-34(3)4/h14-16,21-22,33-40,42-49,51H,17-20,23-32,64-66H2,1-13H3,(H2,67,81)(H,68,86)(H,69,88)(H,70,92)(H,71,82)(H,72,89)(H,73,83)(H,74,84)(H,75,85)(H,76,90)(H,77,87)(H,78,91)(H,79,80)/t38-,39-,40-,42-,43-,44-,45-,46-,47-,48-,49-,51-/m0/s1. The summed E-state index contributed by atoms with van der Waals surface area (Å²) in [5, 5.41) is 38.3. The lowest BCUT2D eigenvalue weighted by molar-refractivity contribution is -0.141. The van der Waals surface area contributed by atoms with Crippen LogP contribution in [0.4, 0.5) is 0 Å². The number of unbranched alkanes of at least 4 members (excludes halogenated alkanes) is 2. The summed E-state index contributed by atoms with van der Waals surface area (Å²) in [4.78, 5) is 176. The first-order chi connectivity index (χ1) is 43.0. The number of aliphatic carboxylic acids is 1. The molecular formula is C63H109N15O14. The van der Waals surface area contributed by atoms with Crippen molar-refractivity contribution >= 4 is 76.9 Å². The van der Waals surface area contributed by atoms with E-state index in [-0.39, 0.29) is 75.3 Å². The predicted molar refractivity (Wildman–Crippen MR) is 346 cm³/mol. The summed E-state index contributed by atoms with van der Waals surface area (Å²) in [6.07, 6.45) is 1.48. The van der Waals surface area contributed by atoms with Gasteiger partial charge in [0.15, 0.2) is 0 Å². The van der Waals surface area contributed by atoms with Crippen LogP contribution in [0.25, 0.3) is 0 Å². The molecule has 29 nitrogen and oxygen atoms in total. The Morgan fingerprint density at radius 1 is 0.380 bits per heavy atom. The van der Waals surface area contributed by atoms with Crippen LogP contribution < -0.4 is 81.4 Å². The van der Waals surface area contributed by atoms with Gasteiger partial charge in [-0.25, -0.2) is 0 Å². The summed E-state index contributed by atoms with van der Waals surface area (Å²) in [6.45, 7) is 22.4. The highest BCUT2D eigenvalue weighted by atomic mass is 16.4. The fourth-order valence-corrected chi connectivity index (χ4v) is 9.61. The zero-order valence-electron chi connectivity index (χ0n) is 56.2. The zero-order valence-corrected chi connectivity index (χ0v) is 56.2. The van der Waals surface area contributed by atoms with E-state index in [9.17, 15) is 67.4 Å². The monoisotopic (exact) mass is 1300 g/mol. The molecule has 0 unspecified atom stereocenters. The van der Waals surface area contributed by atoms with Gasteiger partial charge in [-0.3, -0.25) is 62.3 Å². The summed E-state index contributed by atoms with van der Waals surface area (Å²) in [5.74, 6) is -11.9. The summed E-state index contributed by atoms with van der Waals surface area (Å²) in [5.41, 5.74) is 23.8. The Bertz CT molecular complexity index is 2590. The summed E-state index contributed by atoms with van der Waals surface area (Å²) in [6, 6.07) is -6.55. The largest absolute Gasteiger partial charge is 0.481 e. The fraction of sp³-hybridized carbons (Fsp3) is 0.698. The van der Waals surface area contributed by atoms with Crippen molar-refractivity contribution in [2.45, 2.75) is 240 Å². The third kappa shape index (κ3) is 32.0. The van der Waals surface area contributed by atoms with Gasteiger partial charge >= 0.3 is 5.97 Å². The molecule has 0 saturated carbocycles. The maximum absolute atomic E-state index is 14.6. The van der Waals surface area contributed by atoms with Gasteiger partial charge in [0.2, 0.25) is 70.9 Å². The molecule has 520 valence electrons. The topological polar surface area (TPSA) is 479 Å². The van der Waals surface area contributed by atoms with Crippen molar-refractivity contribution in [2.75, 3.05) is 13.1 Å². The van der Waals surface area contributed by atoms with Gasteiger partial charge in [0.1, 0.15) is 66.5 Å². The minimum atomic E-state index is -1.79. The number of nitrogens with two attached hydrogens (primary N) is 4. The second-order valence-corrected chi connectivity index (χ2v) is 25.7. The van der Waals surface area contributed by atoms with E-state index in [1.165, 1.54) is 20.8 Å². The molecule has 0 aromatic heterocycles. The first-order valence-electron chi connectivity index (χ1n) is 32.1. The molecule has 29 heteroatoms. The van der Waals surface area contributed by atoms with Gasteiger partial charge in [0.05, 0.1) is 12.5 Å². The van der Waals surface area contributed by atoms with Crippen LogP contribution in [0.3, 0.4) is 0 Å². The van der Waals surface area contributed by atoms with E-state index < -0.39 is 162 Å². The Hall–Kier alpha value is -7.79. The zero-order chi connectivity index (χ0) is 70.1. The Labute approximate surface area is 542 Å². The third-order valence-corrected chi connectivity index (χ3v) is 14.7. The molecule has 0 heterocycles. The average molecular weight is 1300 g/mol. The number of carbonyl (C=O) groups is 13. The lowest BCUT2D eigenvalue weighted by atomic mass is 9.99. The highest BCUT2D eigenvalue weighted by Gasteiger charge is 2.37. The minimum Gasteiger partial charge on any atom is -0.481 e. The van der Waals surface area contributed by atoms with Gasteiger partial charge in [0.25, 0.3) is 0 Å². The number of amides is 12. The molecule has 0 aliphatic carbocycles. The molecule has 12 amide bonds. The molecule has 0 bridgehead atoms. The molecule has 12 atom stereocenters.